The molecule has 0 saturated heterocycles. The molecule has 17 heavy (non-hydrogen) atoms. The van der Waals surface area contributed by atoms with E-state index in [2.05, 4.69) is 10.1 Å². The molecule has 1 unspecified atom stereocenters. The topological polar surface area (TPSA) is 38.3 Å². The minimum atomic E-state index is -0.508. The van der Waals surface area contributed by atoms with Gasteiger partial charge in [-0.1, -0.05) is 23.2 Å². The molecule has 1 aromatic carbocycles. The first-order valence-electron chi connectivity index (χ1n) is 4.92. The zero-order valence-corrected chi connectivity index (χ0v) is 10.9. The smallest absolute Gasteiger partial charge is 0.307 e. The van der Waals surface area contributed by atoms with E-state index in [0.717, 1.165) is 12.1 Å². The fraction of sp³-hybridized carbons (Fsp3) is 0.364. The summed E-state index contributed by atoms with van der Waals surface area (Å²) in [4.78, 5) is 11.0. The van der Waals surface area contributed by atoms with Crippen LogP contribution in [0.1, 0.15) is 13.3 Å². The Balaban J connectivity index is 2.78. The molecule has 0 fully saturated rings. The van der Waals surface area contributed by atoms with Crippen molar-refractivity contribution in [3.63, 3.8) is 0 Å². The number of anilines is 1. The zero-order valence-electron chi connectivity index (χ0n) is 9.39. The van der Waals surface area contributed by atoms with E-state index < -0.39 is 5.82 Å². The van der Waals surface area contributed by atoms with Gasteiger partial charge in [0, 0.05) is 6.04 Å². The molecule has 6 heteroatoms. The largest absolute Gasteiger partial charge is 0.469 e. The molecular weight excluding hydrogens is 268 g/mol. The summed E-state index contributed by atoms with van der Waals surface area (Å²) in [6.45, 7) is 1.77. The van der Waals surface area contributed by atoms with E-state index in [-0.39, 0.29) is 28.5 Å². The van der Waals surface area contributed by atoms with Crippen LogP contribution >= 0.6 is 23.2 Å². The summed E-state index contributed by atoms with van der Waals surface area (Å²) in [7, 11) is 1.31. The summed E-state index contributed by atoms with van der Waals surface area (Å²) in [6, 6.07) is 2.09. The lowest BCUT2D eigenvalue weighted by atomic mass is 10.2. The molecule has 3 nitrogen and oxygen atoms in total. The second-order valence-corrected chi connectivity index (χ2v) is 4.38. The molecule has 0 saturated carbocycles. The Kier molecular flexibility index (Phi) is 5.02. The van der Waals surface area contributed by atoms with Crippen LogP contribution in [0.3, 0.4) is 0 Å². The number of halogens is 3. The van der Waals surface area contributed by atoms with Crippen molar-refractivity contribution in [2.45, 2.75) is 19.4 Å². The predicted octanol–water partition coefficient (Wildman–Crippen LogP) is 3.50. The average molecular weight is 280 g/mol. The van der Waals surface area contributed by atoms with Gasteiger partial charge in [0.2, 0.25) is 0 Å². The van der Waals surface area contributed by atoms with Gasteiger partial charge in [0.1, 0.15) is 5.82 Å². The highest BCUT2D eigenvalue weighted by atomic mass is 35.5. The Morgan fingerprint density at radius 2 is 2.00 bits per heavy atom. The molecule has 0 aromatic heterocycles. The number of hydrogen-bond acceptors (Lipinski definition) is 3. The van der Waals surface area contributed by atoms with Gasteiger partial charge in [-0.05, 0) is 19.1 Å². The minimum absolute atomic E-state index is 0.167. The van der Waals surface area contributed by atoms with Gasteiger partial charge in [-0.15, -0.1) is 0 Å². The molecule has 1 aromatic rings. The number of hydrogen-bond donors (Lipinski definition) is 1. The summed E-state index contributed by atoms with van der Waals surface area (Å²) >= 11 is 11.7. The third kappa shape index (κ3) is 4.06. The van der Waals surface area contributed by atoms with Crippen LogP contribution < -0.4 is 5.32 Å². The van der Waals surface area contributed by atoms with E-state index in [9.17, 15) is 9.18 Å². The Bertz CT molecular complexity index is 403. The number of benzene rings is 1. The predicted molar refractivity (Wildman–Crippen MR) is 66.1 cm³/mol. The van der Waals surface area contributed by atoms with E-state index in [4.69, 9.17) is 23.2 Å². The van der Waals surface area contributed by atoms with Crippen LogP contribution in [0, 0.1) is 5.82 Å². The first kappa shape index (κ1) is 14.1. The third-order valence-electron chi connectivity index (χ3n) is 2.10. The maximum Gasteiger partial charge on any atom is 0.307 e. The second-order valence-electron chi connectivity index (χ2n) is 3.57. The maximum atomic E-state index is 12.9. The van der Waals surface area contributed by atoms with Crippen LogP contribution in [-0.2, 0) is 9.53 Å². The van der Waals surface area contributed by atoms with Gasteiger partial charge in [0.15, 0.2) is 0 Å². The Hall–Kier alpha value is -1.00. The molecule has 0 amide bonds. The summed E-state index contributed by atoms with van der Waals surface area (Å²) in [5, 5.41) is 3.29. The summed E-state index contributed by atoms with van der Waals surface area (Å²) in [5.74, 6) is -0.856. The summed E-state index contributed by atoms with van der Waals surface area (Å²) < 4.78 is 17.5. The fourth-order valence-corrected chi connectivity index (χ4v) is 1.88. The van der Waals surface area contributed by atoms with Crippen molar-refractivity contribution in [3.05, 3.63) is 28.0 Å². The van der Waals surface area contributed by atoms with Crippen molar-refractivity contribution in [2.75, 3.05) is 12.4 Å². The number of rotatable bonds is 4. The van der Waals surface area contributed by atoms with Gasteiger partial charge in [-0.25, -0.2) is 4.39 Å². The maximum absolute atomic E-state index is 12.9. The molecule has 0 radical (unpaired) electrons. The molecule has 0 aliphatic carbocycles. The van der Waals surface area contributed by atoms with Crippen LogP contribution in [-0.4, -0.2) is 19.1 Å². The number of carbonyl (C=O) groups is 1. The van der Waals surface area contributed by atoms with Gasteiger partial charge >= 0.3 is 5.97 Å². The standard InChI is InChI=1S/C11H12Cl2FNO2/c1-6(3-10(16)17-2)15-11-8(12)4-7(14)5-9(11)13/h4-6,15H,3H2,1-2H3. The van der Waals surface area contributed by atoms with Gasteiger partial charge < -0.3 is 10.1 Å². The lowest BCUT2D eigenvalue weighted by molar-refractivity contribution is -0.140. The van der Waals surface area contributed by atoms with E-state index >= 15 is 0 Å². The van der Waals surface area contributed by atoms with E-state index in [0.29, 0.717) is 5.69 Å². The quantitative estimate of drug-likeness (QED) is 0.858. The molecule has 0 aliphatic rings. The first-order valence-corrected chi connectivity index (χ1v) is 5.67. The van der Waals surface area contributed by atoms with Crippen molar-refractivity contribution in [3.8, 4) is 0 Å². The van der Waals surface area contributed by atoms with Crippen molar-refractivity contribution in [1.82, 2.24) is 0 Å². The Labute approximate surface area is 109 Å². The highest BCUT2D eigenvalue weighted by Crippen LogP contribution is 2.32. The van der Waals surface area contributed by atoms with Crippen molar-refractivity contribution in [2.24, 2.45) is 0 Å². The molecular formula is C11H12Cl2FNO2. The second kappa shape index (κ2) is 6.07. The molecule has 0 spiro atoms. The van der Waals surface area contributed by atoms with Crippen molar-refractivity contribution < 1.29 is 13.9 Å². The summed E-state index contributed by atoms with van der Waals surface area (Å²) in [6.07, 6.45) is 0.167. The van der Waals surface area contributed by atoms with E-state index in [1.807, 2.05) is 0 Å². The zero-order chi connectivity index (χ0) is 13.0. The Morgan fingerprint density at radius 1 is 1.47 bits per heavy atom. The normalized spacial score (nSPS) is 12.1. The van der Waals surface area contributed by atoms with Gasteiger partial charge in [-0.2, -0.15) is 0 Å². The highest BCUT2D eigenvalue weighted by molar-refractivity contribution is 6.39. The highest BCUT2D eigenvalue weighted by Gasteiger charge is 2.13. The molecule has 1 atom stereocenters. The number of methoxy groups -OCH3 is 1. The minimum Gasteiger partial charge on any atom is -0.469 e. The molecule has 0 bridgehead atoms. The molecule has 0 heterocycles. The van der Waals surface area contributed by atoms with Gasteiger partial charge in [0.25, 0.3) is 0 Å². The molecule has 1 N–H and O–H groups in total. The first-order chi connectivity index (χ1) is 7.93. The Morgan fingerprint density at radius 3 is 2.47 bits per heavy atom. The number of ether oxygens (including phenoxy) is 1. The molecule has 1 rings (SSSR count). The number of nitrogens with one attached hydrogen (secondary N) is 1. The van der Waals surface area contributed by atoms with Crippen molar-refractivity contribution >= 4 is 34.9 Å². The van der Waals surface area contributed by atoms with E-state index in [1.165, 1.54) is 7.11 Å². The number of carbonyl (C=O) groups excluding carboxylic acids is 1. The van der Waals surface area contributed by atoms with Crippen LogP contribution in [0.15, 0.2) is 12.1 Å². The van der Waals surface area contributed by atoms with Gasteiger partial charge in [0.05, 0.1) is 29.3 Å². The van der Waals surface area contributed by atoms with Crippen molar-refractivity contribution in [1.29, 1.82) is 0 Å². The van der Waals surface area contributed by atoms with E-state index in [1.54, 1.807) is 6.92 Å². The SMILES string of the molecule is COC(=O)CC(C)Nc1c(Cl)cc(F)cc1Cl. The van der Waals surface area contributed by atoms with Crippen LogP contribution in [0.25, 0.3) is 0 Å². The molecule has 0 aliphatic heterocycles. The third-order valence-corrected chi connectivity index (χ3v) is 2.69. The average Bonchev–Trinajstić information content (AvgIpc) is 2.23. The van der Waals surface area contributed by atoms with Gasteiger partial charge in [-0.3, -0.25) is 4.79 Å². The van der Waals surface area contributed by atoms with Crippen LogP contribution in [0.5, 0.6) is 0 Å². The lowest BCUT2D eigenvalue weighted by Crippen LogP contribution is -2.20. The van der Waals surface area contributed by atoms with Crippen LogP contribution in [0.2, 0.25) is 10.0 Å². The van der Waals surface area contributed by atoms with Crippen LogP contribution in [0.4, 0.5) is 10.1 Å². The summed E-state index contributed by atoms with van der Waals surface area (Å²) in [5.41, 5.74) is 0.408. The molecule has 94 valence electrons. The fourth-order valence-electron chi connectivity index (χ4n) is 1.31. The monoisotopic (exact) mass is 279 g/mol. The number of esters is 1. The lowest BCUT2D eigenvalue weighted by Gasteiger charge is -2.16.